The van der Waals surface area contributed by atoms with Crippen molar-refractivity contribution in [2.45, 2.75) is 53.4 Å². The Morgan fingerprint density at radius 2 is 1.93 bits per heavy atom. The number of hydrogen-bond donors (Lipinski definition) is 1. The Hall–Kier alpha value is -0.0400. The van der Waals surface area contributed by atoms with Crippen molar-refractivity contribution in [2.75, 3.05) is 13.1 Å². The van der Waals surface area contributed by atoms with E-state index >= 15 is 0 Å². The van der Waals surface area contributed by atoms with Gasteiger partial charge in [0, 0.05) is 6.54 Å². The highest BCUT2D eigenvalue weighted by Crippen LogP contribution is 2.42. The maximum atomic E-state index is 3.63. The Morgan fingerprint density at radius 1 is 1.21 bits per heavy atom. The summed E-state index contributed by atoms with van der Waals surface area (Å²) in [6.07, 6.45) is 5.52. The summed E-state index contributed by atoms with van der Waals surface area (Å²) in [6, 6.07) is 0. The Kier molecular flexibility index (Phi) is 4.43. The maximum Gasteiger partial charge on any atom is 0.00128 e. The van der Waals surface area contributed by atoms with Crippen LogP contribution in [0.2, 0.25) is 0 Å². The van der Waals surface area contributed by atoms with Crippen molar-refractivity contribution < 1.29 is 0 Å². The van der Waals surface area contributed by atoms with Crippen LogP contribution in [0, 0.1) is 17.3 Å². The standard InChI is InChI=1S/C13H27N/c1-5-12(4)13(11(2)3)8-6-7-9-14-10-13/h11-12,14H,5-10H2,1-4H3. The minimum atomic E-state index is 0.561. The highest BCUT2D eigenvalue weighted by Gasteiger charge is 2.38. The third-order valence-corrected chi connectivity index (χ3v) is 4.44. The summed E-state index contributed by atoms with van der Waals surface area (Å²) in [4.78, 5) is 0. The van der Waals surface area contributed by atoms with Crippen LogP contribution in [-0.4, -0.2) is 13.1 Å². The molecular weight excluding hydrogens is 170 g/mol. The molecule has 2 atom stereocenters. The van der Waals surface area contributed by atoms with Gasteiger partial charge in [0.1, 0.15) is 0 Å². The fourth-order valence-corrected chi connectivity index (χ4v) is 3.00. The van der Waals surface area contributed by atoms with E-state index in [2.05, 4.69) is 33.0 Å². The largest absolute Gasteiger partial charge is 0.316 e. The highest BCUT2D eigenvalue weighted by molar-refractivity contribution is 4.90. The van der Waals surface area contributed by atoms with Crippen molar-refractivity contribution in [3.8, 4) is 0 Å². The van der Waals surface area contributed by atoms with Gasteiger partial charge in [-0.3, -0.25) is 0 Å². The lowest BCUT2D eigenvalue weighted by Crippen LogP contribution is -2.42. The van der Waals surface area contributed by atoms with Gasteiger partial charge in [-0.15, -0.1) is 0 Å². The Morgan fingerprint density at radius 3 is 2.50 bits per heavy atom. The van der Waals surface area contributed by atoms with E-state index < -0.39 is 0 Å². The van der Waals surface area contributed by atoms with Gasteiger partial charge in [-0.25, -0.2) is 0 Å². The quantitative estimate of drug-likeness (QED) is 0.730. The summed E-state index contributed by atoms with van der Waals surface area (Å²) in [5.41, 5.74) is 0.561. The van der Waals surface area contributed by atoms with Gasteiger partial charge in [-0.2, -0.15) is 0 Å². The van der Waals surface area contributed by atoms with E-state index in [1.165, 1.54) is 38.8 Å². The molecule has 0 aromatic heterocycles. The fraction of sp³-hybridized carbons (Fsp3) is 1.00. The van der Waals surface area contributed by atoms with Crippen molar-refractivity contribution >= 4 is 0 Å². The average molecular weight is 197 g/mol. The summed E-state index contributed by atoms with van der Waals surface area (Å²) in [6.45, 7) is 12.0. The van der Waals surface area contributed by atoms with Crippen LogP contribution in [-0.2, 0) is 0 Å². The van der Waals surface area contributed by atoms with Gasteiger partial charge in [0.25, 0.3) is 0 Å². The molecule has 1 rings (SSSR count). The summed E-state index contributed by atoms with van der Waals surface area (Å²) in [5, 5.41) is 3.63. The zero-order valence-electron chi connectivity index (χ0n) is 10.4. The van der Waals surface area contributed by atoms with Crippen LogP contribution < -0.4 is 5.32 Å². The first kappa shape index (κ1) is 12.0. The second-order valence-corrected chi connectivity index (χ2v) is 5.33. The van der Waals surface area contributed by atoms with Crippen molar-refractivity contribution in [1.29, 1.82) is 0 Å². The molecule has 1 heterocycles. The predicted molar refractivity (Wildman–Crippen MR) is 63.4 cm³/mol. The zero-order chi connectivity index (χ0) is 10.6. The maximum absolute atomic E-state index is 3.63. The smallest absolute Gasteiger partial charge is 0.00128 e. The first-order valence-corrected chi connectivity index (χ1v) is 6.34. The zero-order valence-corrected chi connectivity index (χ0v) is 10.4. The molecule has 84 valence electrons. The molecule has 0 radical (unpaired) electrons. The average Bonchev–Trinajstić information content (AvgIpc) is 2.42. The van der Waals surface area contributed by atoms with Crippen LogP contribution in [0.4, 0.5) is 0 Å². The molecule has 1 nitrogen and oxygen atoms in total. The van der Waals surface area contributed by atoms with Crippen LogP contribution in [0.25, 0.3) is 0 Å². The van der Waals surface area contributed by atoms with Crippen LogP contribution in [0.5, 0.6) is 0 Å². The fourth-order valence-electron chi connectivity index (χ4n) is 3.00. The molecule has 1 heteroatoms. The van der Waals surface area contributed by atoms with Gasteiger partial charge in [-0.05, 0) is 36.6 Å². The molecule has 14 heavy (non-hydrogen) atoms. The second-order valence-electron chi connectivity index (χ2n) is 5.33. The highest BCUT2D eigenvalue weighted by atomic mass is 14.9. The van der Waals surface area contributed by atoms with Crippen molar-refractivity contribution in [1.82, 2.24) is 5.32 Å². The van der Waals surface area contributed by atoms with E-state index in [4.69, 9.17) is 0 Å². The van der Waals surface area contributed by atoms with E-state index in [1.807, 2.05) is 0 Å². The lowest BCUT2D eigenvalue weighted by Gasteiger charge is -2.42. The molecule has 1 N–H and O–H groups in total. The molecule has 2 unspecified atom stereocenters. The summed E-state index contributed by atoms with van der Waals surface area (Å²) < 4.78 is 0. The summed E-state index contributed by atoms with van der Waals surface area (Å²) in [7, 11) is 0. The summed E-state index contributed by atoms with van der Waals surface area (Å²) >= 11 is 0. The van der Waals surface area contributed by atoms with E-state index in [-0.39, 0.29) is 0 Å². The Bertz CT molecular complexity index is 155. The molecular formula is C13H27N. The van der Waals surface area contributed by atoms with Crippen LogP contribution >= 0.6 is 0 Å². The number of nitrogens with one attached hydrogen (secondary N) is 1. The second kappa shape index (κ2) is 5.16. The van der Waals surface area contributed by atoms with Gasteiger partial charge in [0.15, 0.2) is 0 Å². The van der Waals surface area contributed by atoms with E-state index in [0.29, 0.717) is 5.41 Å². The van der Waals surface area contributed by atoms with Gasteiger partial charge in [-0.1, -0.05) is 40.5 Å². The molecule has 1 fully saturated rings. The third kappa shape index (κ3) is 2.31. The van der Waals surface area contributed by atoms with Crippen LogP contribution in [0.3, 0.4) is 0 Å². The molecule has 0 aromatic carbocycles. The predicted octanol–water partition coefficient (Wildman–Crippen LogP) is 3.45. The summed E-state index contributed by atoms with van der Waals surface area (Å²) in [5.74, 6) is 1.66. The van der Waals surface area contributed by atoms with Gasteiger partial charge in [0.05, 0.1) is 0 Å². The Balaban J connectivity index is 2.77. The van der Waals surface area contributed by atoms with E-state index in [0.717, 1.165) is 11.8 Å². The van der Waals surface area contributed by atoms with Gasteiger partial charge >= 0.3 is 0 Å². The molecule has 0 aliphatic carbocycles. The topological polar surface area (TPSA) is 12.0 Å². The van der Waals surface area contributed by atoms with Crippen molar-refractivity contribution in [3.63, 3.8) is 0 Å². The monoisotopic (exact) mass is 197 g/mol. The molecule has 1 saturated heterocycles. The molecule has 1 aliphatic heterocycles. The minimum Gasteiger partial charge on any atom is -0.316 e. The SMILES string of the molecule is CCC(C)C1(C(C)C)CCCCNC1. The Labute approximate surface area is 89.7 Å². The minimum absolute atomic E-state index is 0.561. The lowest BCUT2D eigenvalue weighted by molar-refractivity contribution is 0.0891. The number of hydrogen-bond acceptors (Lipinski definition) is 1. The van der Waals surface area contributed by atoms with Gasteiger partial charge < -0.3 is 5.32 Å². The van der Waals surface area contributed by atoms with E-state index in [9.17, 15) is 0 Å². The van der Waals surface area contributed by atoms with E-state index in [1.54, 1.807) is 0 Å². The molecule has 0 bridgehead atoms. The van der Waals surface area contributed by atoms with Crippen molar-refractivity contribution in [2.24, 2.45) is 17.3 Å². The van der Waals surface area contributed by atoms with Crippen LogP contribution in [0.15, 0.2) is 0 Å². The van der Waals surface area contributed by atoms with Crippen LogP contribution in [0.1, 0.15) is 53.4 Å². The lowest BCUT2D eigenvalue weighted by atomic mass is 9.65. The molecule has 0 saturated carbocycles. The number of rotatable bonds is 3. The molecule has 0 amide bonds. The molecule has 0 aromatic rings. The van der Waals surface area contributed by atoms with Gasteiger partial charge in [0.2, 0.25) is 0 Å². The molecule has 1 aliphatic rings. The molecule has 0 spiro atoms. The third-order valence-electron chi connectivity index (χ3n) is 4.44. The first-order chi connectivity index (χ1) is 6.63. The first-order valence-electron chi connectivity index (χ1n) is 6.34. The normalized spacial score (nSPS) is 31.5. The van der Waals surface area contributed by atoms with Crippen molar-refractivity contribution in [3.05, 3.63) is 0 Å².